The molecule has 1 fully saturated rings. The largest absolute Gasteiger partial charge is 0.384 e. The molecule has 0 atom stereocenters. The number of hydrogen-bond acceptors (Lipinski definition) is 1. The van der Waals surface area contributed by atoms with Crippen molar-refractivity contribution in [1.82, 2.24) is 0 Å². The molecule has 66 valence electrons. The van der Waals surface area contributed by atoms with Crippen molar-refractivity contribution in [3.8, 4) is 0 Å². The van der Waals surface area contributed by atoms with Gasteiger partial charge < -0.3 is 5.11 Å². The van der Waals surface area contributed by atoms with Crippen LogP contribution in [0, 0.1) is 0 Å². The van der Waals surface area contributed by atoms with Crippen molar-refractivity contribution in [2.24, 2.45) is 0 Å². The quantitative estimate of drug-likeness (QED) is 0.679. The van der Waals surface area contributed by atoms with Crippen LogP contribution in [0.1, 0.15) is 18.4 Å². The van der Waals surface area contributed by atoms with E-state index in [1.807, 2.05) is 30.3 Å². The van der Waals surface area contributed by atoms with E-state index in [0.717, 1.165) is 24.0 Å². The average molecular weight is 172 g/mol. The van der Waals surface area contributed by atoms with Crippen molar-refractivity contribution in [1.29, 1.82) is 0 Å². The summed E-state index contributed by atoms with van der Waals surface area (Å²) in [6.45, 7) is 3.62. The molecule has 0 aliphatic heterocycles. The lowest BCUT2D eigenvalue weighted by Crippen LogP contribution is -2.08. The summed E-state index contributed by atoms with van der Waals surface area (Å²) in [4.78, 5) is 0. The normalized spacial score (nSPS) is 17.6. The molecule has 0 aromatic heterocycles. The summed E-state index contributed by atoms with van der Waals surface area (Å²) in [6.07, 6.45) is 1.67. The van der Waals surface area contributed by atoms with Crippen LogP contribution >= 0.6 is 0 Å². The minimum absolute atomic E-state index is 0.636. The summed E-state index contributed by atoms with van der Waals surface area (Å²) >= 11 is 0. The van der Waals surface area contributed by atoms with E-state index in [9.17, 15) is 5.11 Å². The third-order valence-corrected chi connectivity index (χ3v) is 2.43. The van der Waals surface area contributed by atoms with Gasteiger partial charge in [0.05, 0.1) is 5.60 Å². The van der Waals surface area contributed by atoms with E-state index >= 15 is 0 Å². The first-order valence-corrected chi connectivity index (χ1v) is 4.44. The highest BCUT2D eigenvalue weighted by molar-refractivity contribution is 5.73. The van der Waals surface area contributed by atoms with Crippen LogP contribution in [0.25, 0.3) is 5.57 Å². The van der Waals surface area contributed by atoms with Crippen LogP contribution in [0.5, 0.6) is 0 Å². The summed E-state index contributed by atoms with van der Waals surface area (Å²) < 4.78 is 0. The highest BCUT2D eigenvalue weighted by atomic mass is 16.3. The van der Waals surface area contributed by atoms with Gasteiger partial charge in [0.1, 0.15) is 0 Å². The third kappa shape index (κ3) is 1.44. The topological polar surface area (TPSA) is 20.2 Å². The molecule has 0 saturated heterocycles. The van der Waals surface area contributed by atoms with Crippen molar-refractivity contribution in [3.63, 3.8) is 0 Å². The lowest BCUT2D eigenvalue weighted by molar-refractivity contribution is 0.212. The number of hydrogen-bond donors (Lipinski definition) is 1. The van der Waals surface area contributed by atoms with Crippen molar-refractivity contribution >= 4 is 5.57 Å². The molecule has 0 unspecified atom stereocenters. The Bertz CT molecular complexity index is 354. The average Bonchev–Trinajstić information content (AvgIpc) is 2.87. The monoisotopic (exact) mass is 172 g/mol. The lowest BCUT2D eigenvalue weighted by Gasteiger charge is -2.10. The van der Waals surface area contributed by atoms with Crippen LogP contribution in [0.4, 0.5) is 0 Å². The summed E-state index contributed by atoms with van der Waals surface area (Å²) in [6, 6.07) is 9.82. The van der Waals surface area contributed by atoms with Crippen LogP contribution in [0.2, 0.25) is 0 Å². The van der Waals surface area contributed by atoms with E-state index in [2.05, 4.69) is 12.3 Å². The van der Waals surface area contributed by atoms with Gasteiger partial charge in [-0.25, -0.2) is 0 Å². The first kappa shape index (κ1) is 8.31. The molecule has 0 spiro atoms. The van der Waals surface area contributed by atoms with Crippen LogP contribution in [0.3, 0.4) is 0 Å². The van der Waals surface area contributed by atoms with Crippen LogP contribution < -0.4 is 0 Å². The summed E-state index contributed by atoms with van der Waals surface area (Å²) in [5, 5.41) is 9.90. The van der Waals surface area contributed by atoms with E-state index in [0.29, 0.717) is 0 Å². The van der Waals surface area contributed by atoms with E-state index < -0.39 is 5.60 Å². The van der Waals surface area contributed by atoms with Crippen molar-refractivity contribution in [2.75, 3.05) is 0 Å². The number of rotatable bonds is 2. The zero-order valence-corrected chi connectivity index (χ0v) is 7.46. The molecule has 1 aromatic carbocycles. The maximum absolute atomic E-state index is 9.90. The van der Waals surface area contributed by atoms with E-state index in [4.69, 9.17) is 0 Å². The Hall–Kier alpha value is -1.30. The van der Waals surface area contributed by atoms with Gasteiger partial charge in [0.15, 0.2) is 0 Å². The Labute approximate surface area is 78.0 Å². The fourth-order valence-corrected chi connectivity index (χ4v) is 1.51. The second kappa shape index (κ2) is 2.88. The molecule has 0 amide bonds. The fourth-order valence-electron chi connectivity index (χ4n) is 1.51. The van der Waals surface area contributed by atoms with Gasteiger partial charge in [-0.15, -0.1) is 5.73 Å². The second-order valence-electron chi connectivity index (χ2n) is 3.45. The van der Waals surface area contributed by atoms with E-state index in [1.54, 1.807) is 0 Å². The molecule has 0 bridgehead atoms. The maximum atomic E-state index is 9.90. The van der Waals surface area contributed by atoms with Gasteiger partial charge in [0.25, 0.3) is 0 Å². The zero-order valence-electron chi connectivity index (χ0n) is 7.46. The summed E-state index contributed by atoms with van der Waals surface area (Å²) in [7, 11) is 0. The molecule has 1 aliphatic rings. The smallest absolute Gasteiger partial charge is 0.0975 e. The molecule has 1 heteroatoms. The van der Waals surface area contributed by atoms with Gasteiger partial charge in [-0.3, -0.25) is 0 Å². The number of aliphatic hydroxyl groups is 1. The van der Waals surface area contributed by atoms with Crippen molar-refractivity contribution in [2.45, 2.75) is 18.4 Å². The molecule has 2 rings (SSSR count). The summed E-state index contributed by atoms with van der Waals surface area (Å²) in [5.74, 6) is 0. The minimum Gasteiger partial charge on any atom is -0.384 e. The SMILES string of the molecule is C=C=C(c1ccccc1)C1(O)CC1. The Balaban J connectivity index is 2.40. The Kier molecular flexibility index (Phi) is 1.84. The molecule has 1 saturated carbocycles. The van der Waals surface area contributed by atoms with Crippen LogP contribution in [-0.2, 0) is 0 Å². The third-order valence-electron chi connectivity index (χ3n) is 2.43. The van der Waals surface area contributed by atoms with E-state index in [1.165, 1.54) is 0 Å². The van der Waals surface area contributed by atoms with E-state index in [-0.39, 0.29) is 0 Å². The fraction of sp³-hybridized carbons (Fsp3) is 0.250. The molecular weight excluding hydrogens is 160 g/mol. The molecular formula is C12H12O. The highest BCUT2D eigenvalue weighted by Gasteiger charge is 2.44. The Morgan fingerprint density at radius 1 is 1.31 bits per heavy atom. The maximum Gasteiger partial charge on any atom is 0.0975 e. The Morgan fingerprint density at radius 2 is 1.92 bits per heavy atom. The van der Waals surface area contributed by atoms with Gasteiger partial charge in [-0.2, -0.15) is 0 Å². The zero-order chi connectivity index (χ0) is 9.31. The van der Waals surface area contributed by atoms with Gasteiger partial charge in [0.2, 0.25) is 0 Å². The lowest BCUT2D eigenvalue weighted by atomic mass is 10.0. The second-order valence-corrected chi connectivity index (χ2v) is 3.45. The molecule has 1 aromatic rings. The molecule has 13 heavy (non-hydrogen) atoms. The molecule has 1 nitrogen and oxygen atoms in total. The Morgan fingerprint density at radius 3 is 2.38 bits per heavy atom. The van der Waals surface area contributed by atoms with Crippen LogP contribution in [0.15, 0.2) is 42.6 Å². The first-order chi connectivity index (χ1) is 6.26. The van der Waals surface area contributed by atoms with Crippen molar-refractivity contribution < 1.29 is 5.11 Å². The molecule has 0 radical (unpaired) electrons. The minimum atomic E-state index is -0.636. The van der Waals surface area contributed by atoms with Gasteiger partial charge >= 0.3 is 0 Å². The van der Waals surface area contributed by atoms with Gasteiger partial charge in [0, 0.05) is 5.57 Å². The number of benzene rings is 1. The molecule has 0 heterocycles. The first-order valence-electron chi connectivity index (χ1n) is 4.44. The van der Waals surface area contributed by atoms with Crippen molar-refractivity contribution in [3.05, 3.63) is 48.2 Å². The standard InChI is InChI=1S/C12H12O/c1-2-11(12(13)8-9-12)10-6-4-3-5-7-10/h3-7,13H,1,8-9H2. The summed E-state index contributed by atoms with van der Waals surface area (Å²) in [5.41, 5.74) is 4.07. The van der Waals surface area contributed by atoms with Crippen LogP contribution in [-0.4, -0.2) is 10.7 Å². The predicted molar refractivity (Wildman–Crippen MR) is 53.2 cm³/mol. The van der Waals surface area contributed by atoms with Gasteiger partial charge in [-0.05, 0) is 18.4 Å². The van der Waals surface area contributed by atoms with Gasteiger partial charge in [-0.1, -0.05) is 36.9 Å². The highest BCUT2D eigenvalue weighted by Crippen LogP contribution is 2.45. The predicted octanol–water partition coefficient (Wildman–Crippen LogP) is 2.38. The molecule has 1 aliphatic carbocycles. The molecule has 1 N–H and O–H groups in total.